The van der Waals surface area contributed by atoms with Gasteiger partial charge in [-0.25, -0.2) is 4.79 Å². The lowest BCUT2D eigenvalue weighted by molar-refractivity contribution is 0.442. The highest BCUT2D eigenvalue weighted by Gasteiger charge is 2.25. The average molecular weight is 437 g/mol. The predicted octanol–water partition coefficient (Wildman–Crippen LogP) is 7.05. The van der Waals surface area contributed by atoms with Crippen LogP contribution in [0.1, 0.15) is 16.4 Å². The van der Waals surface area contributed by atoms with E-state index in [1.807, 2.05) is 78.9 Å². The van der Waals surface area contributed by atoms with Gasteiger partial charge in [0.05, 0.1) is 10.8 Å². The van der Waals surface area contributed by atoms with Gasteiger partial charge < -0.3 is 9.52 Å². The summed E-state index contributed by atoms with van der Waals surface area (Å²) in [5, 5.41) is 12.8. The molecule has 0 radical (unpaired) electrons. The van der Waals surface area contributed by atoms with Crippen molar-refractivity contribution in [2.24, 2.45) is 0 Å². The van der Waals surface area contributed by atoms with E-state index in [1.54, 1.807) is 0 Å². The Bertz CT molecular complexity index is 1430. The second kappa shape index (κ2) is 8.77. The van der Waals surface area contributed by atoms with Crippen LogP contribution in [0.25, 0.3) is 22.1 Å². The van der Waals surface area contributed by atoms with Crippen LogP contribution in [0, 0.1) is 0 Å². The molecule has 1 heterocycles. The highest BCUT2D eigenvalue weighted by molar-refractivity contribution is 7.99. The molecule has 156 valence electrons. The van der Waals surface area contributed by atoms with Crippen LogP contribution in [0.2, 0.25) is 0 Å². The maximum atomic E-state index is 13.1. The van der Waals surface area contributed by atoms with Gasteiger partial charge in [-0.05, 0) is 28.5 Å². The van der Waals surface area contributed by atoms with E-state index in [0.717, 1.165) is 26.8 Å². The predicted molar refractivity (Wildman–Crippen MR) is 130 cm³/mol. The molecule has 0 aliphatic carbocycles. The molecule has 4 heteroatoms. The molecule has 0 bridgehead atoms. The zero-order chi connectivity index (χ0) is 21.9. The molecule has 3 nitrogen and oxygen atoms in total. The minimum Gasteiger partial charge on any atom is -0.507 e. The second-order valence-electron chi connectivity index (χ2n) is 7.48. The Labute approximate surface area is 190 Å². The monoisotopic (exact) mass is 436 g/mol. The van der Waals surface area contributed by atoms with Crippen molar-refractivity contribution in [2.45, 2.75) is 10.1 Å². The summed E-state index contributed by atoms with van der Waals surface area (Å²) in [5.74, 6) is 0.279. The number of aromatic hydroxyl groups is 1. The first kappa shape index (κ1) is 20.2. The first-order valence-corrected chi connectivity index (χ1v) is 11.2. The van der Waals surface area contributed by atoms with Crippen molar-refractivity contribution in [3.8, 4) is 17.1 Å². The Morgan fingerprint density at radius 1 is 0.719 bits per heavy atom. The van der Waals surface area contributed by atoms with Crippen LogP contribution in [-0.4, -0.2) is 5.11 Å². The number of hydrogen-bond donors (Lipinski definition) is 1. The Morgan fingerprint density at radius 3 is 2.09 bits per heavy atom. The standard InChI is InChI=1S/C28H20O3S/c29-24-18-25(20-10-3-1-4-11-20)31-28(30)26(24)27(21-12-5-2-6-13-21)32-23-16-15-19-9-7-8-14-22(19)17-23/h1-18,27,29H. The van der Waals surface area contributed by atoms with Gasteiger partial charge in [-0.3, -0.25) is 0 Å². The Balaban J connectivity index is 1.60. The first-order chi connectivity index (χ1) is 15.7. The molecule has 1 aromatic heterocycles. The second-order valence-corrected chi connectivity index (χ2v) is 8.66. The van der Waals surface area contributed by atoms with Crippen LogP contribution in [0.3, 0.4) is 0 Å². The summed E-state index contributed by atoms with van der Waals surface area (Å²) in [5.41, 5.74) is 1.37. The van der Waals surface area contributed by atoms with Crippen LogP contribution in [-0.2, 0) is 0 Å². The summed E-state index contributed by atoms with van der Waals surface area (Å²) in [6.45, 7) is 0. The lowest BCUT2D eigenvalue weighted by Crippen LogP contribution is -2.12. The fraction of sp³-hybridized carbons (Fsp3) is 0.0357. The fourth-order valence-electron chi connectivity index (χ4n) is 3.78. The molecule has 1 N–H and O–H groups in total. The van der Waals surface area contributed by atoms with Crippen LogP contribution < -0.4 is 5.63 Å². The van der Waals surface area contributed by atoms with Crippen LogP contribution in [0.4, 0.5) is 0 Å². The van der Waals surface area contributed by atoms with E-state index in [-0.39, 0.29) is 11.3 Å². The maximum Gasteiger partial charge on any atom is 0.344 e. The van der Waals surface area contributed by atoms with Crippen molar-refractivity contribution in [1.82, 2.24) is 0 Å². The van der Waals surface area contributed by atoms with E-state index in [2.05, 4.69) is 24.3 Å². The number of fused-ring (bicyclic) bond motifs is 1. The van der Waals surface area contributed by atoms with Crippen LogP contribution >= 0.6 is 11.8 Å². The molecule has 0 aliphatic rings. The summed E-state index contributed by atoms with van der Waals surface area (Å²) in [7, 11) is 0. The van der Waals surface area contributed by atoms with Crippen molar-refractivity contribution in [1.29, 1.82) is 0 Å². The van der Waals surface area contributed by atoms with E-state index >= 15 is 0 Å². The molecule has 32 heavy (non-hydrogen) atoms. The van der Waals surface area contributed by atoms with Crippen molar-refractivity contribution >= 4 is 22.5 Å². The van der Waals surface area contributed by atoms with E-state index < -0.39 is 10.9 Å². The van der Waals surface area contributed by atoms with Gasteiger partial charge in [0.25, 0.3) is 0 Å². The highest BCUT2D eigenvalue weighted by Crippen LogP contribution is 2.43. The minimum atomic E-state index is -0.536. The van der Waals surface area contributed by atoms with Gasteiger partial charge in [-0.15, -0.1) is 11.8 Å². The number of rotatable bonds is 5. The quantitative estimate of drug-likeness (QED) is 0.300. The Kier molecular flexibility index (Phi) is 5.53. The van der Waals surface area contributed by atoms with Crippen molar-refractivity contribution < 1.29 is 9.52 Å². The normalized spacial score (nSPS) is 12.0. The molecule has 1 unspecified atom stereocenters. The summed E-state index contributed by atoms with van der Waals surface area (Å²) in [6.07, 6.45) is 0. The van der Waals surface area contributed by atoms with E-state index in [0.29, 0.717) is 5.76 Å². The first-order valence-electron chi connectivity index (χ1n) is 10.3. The Morgan fingerprint density at radius 2 is 1.38 bits per heavy atom. The third-order valence-electron chi connectivity index (χ3n) is 5.36. The molecule has 4 aromatic carbocycles. The van der Waals surface area contributed by atoms with Gasteiger partial charge in [-0.1, -0.05) is 91.0 Å². The highest BCUT2D eigenvalue weighted by atomic mass is 32.2. The zero-order valence-electron chi connectivity index (χ0n) is 17.1. The van der Waals surface area contributed by atoms with Gasteiger partial charge in [0.1, 0.15) is 11.5 Å². The number of thioether (sulfide) groups is 1. The van der Waals surface area contributed by atoms with Crippen molar-refractivity contribution in [3.63, 3.8) is 0 Å². The third-order valence-corrected chi connectivity index (χ3v) is 6.63. The summed E-state index contributed by atoms with van der Waals surface area (Å²) in [6, 6.07) is 34.9. The molecular formula is C28H20O3S. The molecule has 5 rings (SSSR count). The SMILES string of the molecule is O=c1oc(-c2ccccc2)cc(O)c1C(Sc1ccc2ccccc2c1)c1ccccc1. The van der Waals surface area contributed by atoms with Crippen molar-refractivity contribution in [3.05, 3.63) is 131 Å². The lowest BCUT2D eigenvalue weighted by Gasteiger charge is -2.18. The van der Waals surface area contributed by atoms with Gasteiger partial charge in [-0.2, -0.15) is 0 Å². The fourth-order valence-corrected chi connectivity index (χ4v) is 5.02. The maximum absolute atomic E-state index is 13.1. The van der Waals surface area contributed by atoms with E-state index in [9.17, 15) is 9.90 Å². The Hall–Kier alpha value is -3.76. The summed E-state index contributed by atoms with van der Waals surface area (Å²) < 4.78 is 5.66. The number of benzene rings is 4. The zero-order valence-corrected chi connectivity index (χ0v) is 18.0. The molecule has 5 aromatic rings. The molecule has 0 aliphatic heterocycles. The van der Waals surface area contributed by atoms with Crippen molar-refractivity contribution in [2.75, 3.05) is 0 Å². The van der Waals surface area contributed by atoms with Gasteiger partial charge in [0, 0.05) is 16.5 Å². The smallest absolute Gasteiger partial charge is 0.344 e. The van der Waals surface area contributed by atoms with E-state index in [4.69, 9.17) is 4.42 Å². The average Bonchev–Trinajstić information content (AvgIpc) is 2.84. The molecule has 0 saturated carbocycles. The molecule has 0 spiro atoms. The molecule has 0 fully saturated rings. The summed E-state index contributed by atoms with van der Waals surface area (Å²) in [4.78, 5) is 14.1. The lowest BCUT2D eigenvalue weighted by atomic mass is 10.0. The van der Waals surface area contributed by atoms with Crippen LogP contribution in [0.5, 0.6) is 5.75 Å². The molecule has 0 amide bonds. The molecule has 0 saturated heterocycles. The van der Waals surface area contributed by atoms with Gasteiger partial charge in [0.2, 0.25) is 0 Å². The van der Waals surface area contributed by atoms with Gasteiger partial charge in [0.15, 0.2) is 0 Å². The van der Waals surface area contributed by atoms with E-state index in [1.165, 1.54) is 17.8 Å². The summed E-state index contributed by atoms with van der Waals surface area (Å²) >= 11 is 1.52. The number of hydrogen-bond acceptors (Lipinski definition) is 4. The molecule has 1 atom stereocenters. The van der Waals surface area contributed by atoms with Gasteiger partial charge >= 0.3 is 5.63 Å². The van der Waals surface area contributed by atoms with Crippen LogP contribution in [0.15, 0.2) is 123 Å². The largest absolute Gasteiger partial charge is 0.507 e. The minimum absolute atomic E-state index is 0.0674. The molecular weight excluding hydrogens is 416 g/mol. The third kappa shape index (κ3) is 4.05. The topological polar surface area (TPSA) is 50.4 Å².